The second-order valence-corrected chi connectivity index (χ2v) is 9.88. The van der Waals surface area contributed by atoms with Crippen LogP contribution in [0.15, 0.2) is 77.7 Å². The van der Waals surface area contributed by atoms with E-state index in [1.165, 1.54) is 3.97 Å². The molecule has 0 radical (unpaired) electrons. The van der Waals surface area contributed by atoms with E-state index in [9.17, 15) is 13.2 Å². The summed E-state index contributed by atoms with van der Waals surface area (Å²) in [6, 6.07) is 21.7. The first-order valence-electron chi connectivity index (χ1n) is 10.8. The Balaban J connectivity index is 2.02. The molecule has 0 atom stereocenters. The molecule has 0 N–H and O–H groups in total. The summed E-state index contributed by atoms with van der Waals surface area (Å²) in [4.78, 5) is 13.2. The number of para-hydroxylation sites is 1. The average Bonchev–Trinajstić information content (AvgIpc) is 3.16. The van der Waals surface area contributed by atoms with Gasteiger partial charge in [-0.1, -0.05) is 60.2 Å². The molecule has 0 aliphatic carbocycles. The molecule has 0 saturated heterocycles. The molecule has 0 amide bonds. The molecule has 166 valence electrons. The smallest absolute Gasteiger partial charge is 0.339 e. The molecule has 0 aliphatic heterocycles. The molecule has 5 aromatic rings. The lowest BCUT2D eigenvalue weighted by molar-refractivity contribution is 0.0528. The fourth-order valence-electron chi connectivity index (χ4n) is 4.60. The molecule has 5 rings (SSSR count). The predicted octanol–water partition coefficient (Wildman–Crippen LogP) is 5.98. The van der Waals surface area contributed by atoms with Gasteiger partial charge in [-0.15, -0.1) is 0 Å². The molecule has 5 nitrogen and oxygen atoms in total. The van der Waals surface area contributed by atoms with Crippen LogP contribution in [0.25, 0.3) is 32.6 Å². The number of esters is 1. The first kappa shape index (κ1) is 21.2. The van der Waals surface area contributed by atoms with Crippen LogP contribution >= 0.6 is 0 Å². The van der Waals surface area contributed by atoms with E-state index in [1.54, 1.807) is 37.3 Å². The molecule has 1 aromatic heterocycles. The van der Waals surface area contributed by atoms with Gasteiger partial charge >= 0.3 is 5.97 Å². The fourth-order valence-corrected chi connectivity index (χ4v) is 6.14. The summed E-state index contributed by atoms with van der Waals surface area (Å²) < 4.78 is 34.8. The zero-order valence-electron chi connectivity index (χ0n) is 18.6. The average molecular weight is 458 g/mol. The highest BCUT2D eigenvalue weighted by atomic mass is 32.2. The minimum Gasteiger partial charge on any atom is -0.462 e. The number of ether oxygens (including phenoxy) is 1. The van der Waals surface area contributed by atoms with Crippen LogP contribution < -0.4 is 0 Å². The number of aromatic nitrogens is 1. The lowest BCUT2D eigenvalue weighted by atomic mass is 9.94. The van der Waals surface area contributed by atoms with Gasteiger partial charge in [0.2, 0.25) is 0 Å². The first-order chi connectivity index (χ1) is 15.9. The molecule has 0 aliphatic rings. The molecule has 0 unspecified atom stereocenters. The Morgan fingerprint density at radius 2 is 1.45 bits per heavy atom. The number of nitrogens with zero attached hydrogens (tertiary/aromatic N) is 1. The van der Waals surface area contributed by atoms with Gasteiger partial charge in [-0.05, 0) is 49.9 Å². The molecule has 4 aromatic carbocycles. The van der Waals surface area contributed by atoms with Crippen molar-refractivity contribution >= 4 is 48.6 Å². The van der Waals surface area contributed by atoms with Crippen LogP contribution in [-0.2, 0) is 14.8 Å². The number of benzene rings is 4. The van der Waals surface area contributed by atoms with Crippen LogP contribution in [-0.4, -0.2) is 25.0 Å². The van der Waals surface area contributed by atoms with Crippen molar-refractivity contribution in [2.24, 2.45) is 0 Å². The SMILES string of the molecule is CCOC(=O)c1c(C)c2c3ccccc3n(S(=O)(=O)c3ccc(C)cc3)c2c2ccccc12. The topological polar surface area (TPSA) is 65.4 Å². The lowest BCUT2D eigenvalue weighted by Gasteiger charge is -2.15. The van der Waals surface area contributed by atoms with Gasteiger partial charge < -0.3 is 4.74 Å². The third kappa shape index (κ3) is 3.13. The highest BCUT2D eigenvalue weighted by Crippen LogP contribution is 2.41. The minimum atomic E-state index is -3.92. The maximum absolute atomic E-state index is 14.0. The number of aryl methyl sites for hydroxylation is 2. The standard InChI is InChI=1S/C27H23NO4S/c1-4-32-27(29)25-18(3)24-22-11-7-8-12-23(22)28(26(24)21-10-6-5-9-20(21)25)33(30,31)19-15-13-17(2)14-16-19/h5-16H,4H2,1-3H3. The van der Waals surface area contributed by atoms with E-state index < -0.39 is 16.0 Å². The Kier molecular flexibility index (Phi) is 4.98. The molecule has 1 heterocycles. The van der Waals surface area contributed by atoms with Crippen LogP contribution in [0.1, 0.15) is 28.4 Å². The Labute approximate surface area is 192 Å². The van der Waals surface area contributed by atoms with Crippen LogP contribution in [0.5, 0.6) is 0 Å². The van der Waals surface area contributed by atoms with Crippen LogP contribution in [0.2, 0.25) is 0 Å². The first-order valence-corrected chi connectivity index (χ1v) is 12.2. The van der Waals surface area contributed by atoms with Crippen molar-refractivity contribution in [2.75, 3.05) is 6.61 Å². The van der Waals surface area contributed by atoms with Crippen molar-refractivity contribution in [3.8, 4) is 0 Å². The highest BCUT2D eigenvalue weighted by molar-refractivity contribution is 7.90. The fraction of sp³-hybridized carbons (Fsp3) is 0.148. The van der Waals surface area contributed by atoms with Crippen molar-refractivity contribution in [3.05, 3.63) is 89.5 Å². The maximum atomic E-state index is 14.0. The molecule has 33 heavy (non-hydrogen) atoms. The Morgan fingerprint density at radius 1 is 0.848 bits per heavy atom. The molecule has 0 spiro atoms. The quantitative estimate of drug-likeness (QED) is 0.312. The van der Waals surface area contributed by atoms with Gasteiger partial charge in [-0.2, -0.15) is 0 Å². The molecule has 0 bridgehead atoms. The molecule has 6 heteroatoms. The van der Waals surface area contributed by atoms with Crippen LogP contribution in [0, 0.1) is 13.8 Å². The normalized spacial score (nSPS) is 12.0. The summed E-state index contributed by atoms with van der Waals surface area (Å²) in [6.45, 7) is 5.81. The van der Waals surface area contributed by atoms with E-state index in [0.29, 0.717) is 32.9 Å². The highest BCUT2D eigenvalue weighted by Gasteiger charge is 2.28. The summed E-state index contributed by atoms with van der Waals surface area (Å²) in [6.07, 6.45) is 0. The van der Waals surface area contributed by atoms with Crippen LogP contribution in [0.3, 0.4) is 0 Å². The predicted molar refractivity (Wildman–Crippen MR) is 131 cm³/mol. The Morgan fingerprint density at radius 3 is 2.12 bits per heavy atom. The second-order valence-electron chi connectivity index (χ2n) is 8.09. The third-order valence-corrected chi connectivity index (χ3v) is 7.80. The van der Waals surface area contributed by atoms with Crippen molar-refractivity contribution in [3.63, 3.8) is 0 Å². The second kappa shape index (κ2) is 7.74. The van der Waals surface area contributed by atoms with Crippen molar-refractivity contribution in [1.82, 2.24) is 3.97 Å². The summed E-state index contributed by atoms with van der Waals surface area (Å²) in [5.74, 6) is -0.411. The van der Waals surface area contributed by atoms with Gasteiger partial charge in [-0.3, -0.25) is 0 Å². The minimum absolute atomic E-state index is 0.215. The van der Waals surface area contributed by atoms with Crippen molar-refractivity contribution in [2.45, 2.75) is 25.7 Å². The summed E-state index contributed by atoms with van der Waals surface area (Å²) in [7, 11) is -3.92. The number of hydrogen-bond acceptors (Lipinski definition) is 4. The van der Waals surface area contributed by atoms with E-state index in [4.69, 9.17) is 4.74 Å². The van der Waals surface area contributed by atoms with Crippen molar-refractivity contribution in [1.29, 1.82) is 0 Å². The molecule has 0 fully saturated rings. The van der Waals surface area contributed by atoms with E-state index in [2.05, 4.69) is 0 Å². The van der Waals surface area contributed by atoms with Gasteiger partial charge in [-0.25, -0.2) is 17.2 Å². The Hall–Kier alpha value is -3.64. The molecular weight excluding hydrogens is 434 g/mol. The monoisotopic (exact) mass is 457 g/mol. The van der Waals surface area contributed by atoms with Gasteiger partial charge in [0.15, 0.2) is 0 Å². The summed E-state index contributed by atoms with van der Waals surface area (Å²) in [5.41, 5.74) is 3.29. The number of fused-ring (bicyclic) bond motifs is 5. The zero-order chi connectivity index (χ0) is 23.3. The summed E-state index contributed by atoms with van der Waals surface area (Å²) >= 11 is 0. The van der Waals surface area contributed by atoms with E-state index >= 15 is 0 Å². The van der Waals surface area contributed by atoms with Crippen molar-refractivity contribution < 1.29 is 17.9 Å². The summed E-state index contributed by atoms with van der Waals surface area (Å²) in [5, 5.41) is 2.87. The zero-order valence-corrected chi connectivity index (χ0v) is 19.4. The van der Waals surface area contributed by atoms with E-state index in [-0.39, 0.29) is 11.5 Å². The maximum Gasteiger partial charge on any atom is 0.339 e. The number of carbonyl (C=O) groups is 1. The lowest BCUT2D eigenvalue weighted by Crippen LogP contribution is -2.14. The molecular formula is C27H23NO4S. The van der Waals surface area contributed by atoms with Gasteiger partial charge in [0.05, 0.1) is 28.1 Å². The van der Waals surface area contributed by atoms with Gasteiger partial charge in [0.1, 0.15) is 0 Å². The van der Waals surface area contributed by atoms with E-state index in [0.717, 1.165) is 16.3 Å². The van der Waals surface area contributed by atoms with E-state index in [1.807, 2.05) is 56.3 Å². The van der Waals surface area contributed by atoms with Gasteiger partial charge in [0.25, 0.3) is 10.0 Å². The number of carbonyl (C=O) groups excluding carboxylic acids is 1. The number of rotatable bonds is 4. The third-order valence-electron chi connectivity index (χ3n) is 6.07. The van der Waals surface area contributed by atoms with Gasteiger partial charge in [0, 0.05) is 16.2 Å². The van der Waals surface area contributed by atoms with Crippen LogP contribution in [0.4, 0.5) is 0 Å². The Bertz CT molecular complexity index is 1660. The number of hydrogen-bond donors (Lipinski definition) is 0. The largest absolute Gasteiger partial charge is 0.462 e. The molecule has 0 saturated carbocycles.